The Morgan fingerprint density at radius 1 is 1.14 bits per heavy atom. The molecular weight excluding hydrogens is 266 g/mol. The van der Waals surface area contributed by atoms with Gasteiger partial charge in [-0.05, 0) is 24.3 Å². The third-order valence-electron chi connectivity index (χ3n) is 3.27. The van der Waals surface area contributed by atoms with Gasteiger partial charge in [0.15, 0.2) is 0 Å². The van der Waals surface area contributed by atoms with Crippen LogP contribution in [-0.2, 0) is 0 Å². The minimum atomic E-state index is -0.294. The highest BCUT2D eigenvalue weighted by Crippen LogP contribution is 2.17. The van der Waals surface area contributed by atoms with Gasteiger partial charge in [-0.1, -0.05) is 12.1 Å². The standard InChI is InChI=1S/C15H11N5O/c21-15(20-13-7-9-5-6-16-14(9)19-13)12-8-17-10-3-1-2-4-11(10)18-12/h1-8,16,19H,(H,20,21). The van der Waals surface area contributed by atoms with Crippen molar-refractivity contribution in [2.75, 3.05) is 5.32 Å². The summed E-state index contributed by atoms with van der Waals surface area (Å²) in [7, 11) is 0. The number of amides is 1. The molecule has 0 fully saturated rings. The van der Waals surface area contributed by atoms with Crippen LogP contribution in [0.15, 0.2) is 48.8 Å². The van der Waals surface area contributed by atoms with Crippen molar-refractivity contribution in [3.8, 4) is 0 Å². The summed E-state index contributed by atoms with van der Waals surface area (Å²) in [4.78, 5) is 26.9. The van der Waals surface area contributed by atoms with Gasteiger partial charge in [-0.3, -0.25) is 9.78 Å². The lowest BCUT2D eigenvalue weighted by Gasteiger charge is -2.03. The second-order valence-electron chi connectivity index (χ2n) is 4.69. The zero-order valence-electron chi connectivity index (χ0n) is 10.9. The second-order valence-corrected chi connectivity index (χ2v) is 4.69. The maximum Gasteiger partial charge on any atom is 0.276 e. The van der Waals surface area contributed by atoms with Gasteiger partial charge in [0.2, 0.25) is 0 Å². The van der Waals surface area contributed by atoms with Gasteiger partial charge in [0.05, 0.1) is 17.2 Å². The molecule has 4 aromatic rings. The number of nitrogens with zero attached hydrogens (tertiary/aromatic N) is 2. The summed E-state index contributed by atoms with van der Waals surface area (Å²) in [5.74, 6) is 0.328. The van der Waals surface area contributed by atoms with E-state index in [0.29, 0.717) is 11.3 Å². The summed E-state index contributed by atoms with van der Waals surface area (Å²) in [5, 5.41) is 3.79. The Kier molecular flexibility index (Phi) is 2.47. The molecule has 1 aromatic carbocycles. The third-order valence-corrected chi connectivity index (χ3v) is 3.27. The Morgan fingerprint density at radius 3 is 2.86 bits per heavy atom. The number of benzene rings is 1. The summed E-state index contributed by atoms with van der Waals surface area (Å²) < 4.78 is 0. The van der Waals surface area contributed by atoms with E-state index in [4.69, 9.17) is 0 Å². The number of fused-ring (bicyclic) bond motifs is 2. The molecule has 0 bridgehead atoms. The third kappa shape index (κ3) is 2.02. The van der Waals surface area contributed by atoms with E-state index in [1.807, 2.05) is 42.6 Å². The fourth-order valence-electron chi connectivity index (χ4n) is 2.26. The number of anilines is 1. The molecule has 6 heteroatoms. The van der Waals surface area contributed by atoms with Crippen molar-refractivity contribution >= 4 is 33.8 Å². The van der Waals surface area contributed by atoms with Crippen LogP contribution in [0.1, 0.15) is 10.5 Å². The lowest BCUT2D eigenvalue weighted by atomic mass is 10.3. The molecule has 0 aliphatic heterocycles. The number of H-pyrrole nitrogens is 2. The van der Waals surface area contributed by atoms with Gasteiger partial charge in [0.25, 0.3) is 5.91 Å². The van der Waals surface area contributed by atoms with Crippen molar-refractivity contribution in [1.29, 1.82) is 0 Å². The minimum Gasteiger partial charge on any atom is -0.348 e. The lowest BCUT2D eigenvalue weighted by Crippen LogP contribution is -2.14. The number of carbonyl (C=O) groups is 1. The molecule has 102 valence electrons. The summed E-state index contributed by atoms with van der Waals surface area (Å²) in [6.07, 6.45) is 3.31. The summed E-state index contributed by atoms with van der Waals surface area (Å²) in [6, 6.07) is 11.2. The van der Waals surface area contributed by atoms with Crippen molar-refractivity contribution in [3.63, 3.8) is 0 Å². The molecule has 0 aliphatic carbocycles. The predicted molar refractivity (Wildman–Crippen MR) is 80.1 cm³/mol. The molecule has 21 heavy (non-hydrogen) atoms. The molecule has 0 unspecified atom stereocenters. The number of nitrogens with one attached hydrogen (secondary N) is 3. The maximum atomic E-state index is 12.2. The van der Waals surface area contributed by atoms with E-state index in [2.05, 4.69) is 25.3 Å². The molecule has 0 saturated carbocycles. The molecule has 0 aliphatic rings. The molecule has 0 atom stereocenters. The highest BCUT2D eigenvalue weighted by Gasteiger charge is 2.11. The van der Waals surface area contributed by atoms with Crippen molar-refractivity contribution < 1.29 is 4.79 Å². The van der Waals surface area contributed by atoms with Gasteiger partial charge in [0.1, 0.15) is 17.2 Å². The highest BCUT2D eigenvalue weighted by molar-refractivity contribution is 6.04. The molecule has 6 nitrogen and oxygen atoms in total. The number of aromatic amines is 2. The number of hydrogen-bond donors (Lipinski definition) is 3. The first kappa shape index (κ1) is 11.7. The van der Waals surface area contributed by atoms with Crippen molar-refractivity contribution in [1.82, 2.24) is 19.9 Å². The fraction of sp³-hybridized carbons (Fsp3) is 0. The molecule has 3 N–H and O–H groups in total. The number of para-hydroxylation sites is 2. The van der Waals surface area contributed by atoms with Crippen LogP contribution in [0.25, 0.3) is 22.1 Å². The Hall–Kier alpha value is -3.15. The van der Waals surface area contributed by atoms with Gasteiger partial charge in [-0.25, -0.2) is 4.98 Å². The van der Waals surface area contributed by atoms with Crippen molar-refractivity contribution in [2.24, 2.45) is 0 Å². The number of carbonyl (C=O) groups excluding carboxylic acids is 1. The normalized spacial score (nSPS) is 11.0. The molecular formula is C15H11N5O. The number of hydrogen-bond acceptors (Lipinski definition) is 3. The summed E-state index contributed by atoms with van der Waals surface area (Å²) >= 11 is 0. The van der Waals surface area contributed by atoms with Crippen LogP contribution in [0.4, 0.5) is 5.82 Å². The Morgan fingerprint density at radius 2 is 2.00 bits per heavy atom. The SMILES string of the molecule is O=C(Nc1cc2cc[nH]c2[nH]1)c1cnc2ccccc2n1. The Balaban J connectivity index is 1.64. The van der Waals surface area contributed by atoms with Crippen LogP contribution in [-0.4, -0.2) is 25.8 Å². The molecule has 0 spiro atoms. The quantitative estimate of drug-likeness (QED) is 0.526. The topological polar surface area (TPSA) is 86.5 Å². The monoisotopic (exact) mass is 277 g/mol. The van der Waals surface area contributed by atoms with E-state index in [1.165, 1.54) is 6.20 Å². The largest absolute Gasteiger partial charge is 0.348 e. The van der Waals surface area contributed by atoms with Gasteiger partial charge in [-0.15, -0.1) is 0 Å². The summed E-state index contributed by atoms with van der Waals surface area (Å²) in [5.41, 5.74) is 2.62. The van der Waals surface area contributed by atoms with Crippen LogP contribution in [0.2, 0.25) is 0 Å². The lowest BCUT2D eigenvalue weighted by molar-refractivity contribution is 0.102. The maximum absolute atomic E-state index is 12.2. The van der Waals surface area contributed by atoms with E-state index < -0.39 is 0 Å². The van der Waals surface area contributed by atoms with E-state index in [9.17, 15) is 4.79 Å². The van der Waals surface area contributed by atoms with Gasteiger partial charge >= 0.3 is 0 Å². The zero-order chi connectivity index (χ0) is 14.2. The van der Waals surface area contributed by atoms with E-state index >= 15 is 0 Å². The highest BCUT2D eigenvalue weighted by atomic mass is 16.1. The van der Waals surface area contributed by atoms with Crippen molar-refractivity contribution in [3.05, 3.63) is 54.5 Å². The minimum absolute atomic E-state index is 0.284. The van der Waals surface area contributed by atoms with E-state index in [-0.39, 0.29) is 11.6 Å². The Bertz CT molecular complexity index is 924. The zero-order valence-corrected chi connectivity index (χ0v) is 10.9. The molecule has 4 rings (SSSR count). The molecule has 0 radical (unpaired) electrons. The fourth-order valence-corrected chi connectivity index (χ4v) is 2.26. The van der Waals surface area contributed by atoms with E-state index in [1.54, 1.807) is 0 Å². The van der Waals surface area contributed by atoms with Crippen LogP contribution in [0.5, 0.6) is 0 Å². The van der Waals surface area contributed by atoms with Crippen molar-refractivity contribution in [2.45, 2.75) is 0 Å². The number of aromatic nitrogens is 4. The van der Waals surface area contributed by atoms with Gasteiger partial charge < -0.3 is 15.3 Å². The molecule has 0 saturated heterocycles. The van der Waals surface area contributed by atoms with Crippen LogP contribution >= 0.6 is 0 Å². The van der Waals surface area contributed by atoms with Crippen LogP contribution in [0.3, 0.4) is 0 Å². The van der Waals surface area contributed by atoms with E-state index in [0.717, 1.165) is 16.6 Å². The Labute approximate surface area is 119 Å². The average molecular weight is 277 g/mol. The number of rotatable bonds is 2. The van der Waals surface area contributed by atoms with Gasteiger partial charge in [-0.2, -0.15) is 0 Å². The molecule has 3 heterocycles. The summed E-state index contributed by atoms with van der Waals surface area (Å²) in [6.45, 7) is 0. The van der Waals surface area contributed by atoms with Gasteiger partial charge in [0, 0.05) is 11.6 Å². The average Bonchev–Trinajstić information content (AvgIpc) is 3.08. The first-order valence-electron chi connectivity index (χ1n) is 6.49. The van der Waals surface area contributed by atoms with Crippen LogP contribution in [0, 0.1) is 0 Å². The predicted octanol–water partition coefficient (Wildman–Crippen LogP) is 2.69. The second kappa shape index (κ2) is 4.45. The smallest absolute Gasteiger partial charge is 0.276 e. The first-order chi connectivity index (χ1) is 10.3. The first-order valence-corrected chi connectivity index (χ1v) is 6.49. The van der Waals surface area contributed by atoms with Crippen LogP contribution < -0.4 is 5.32 Å². The molecule has 3 aromatic heterocycles. The molecule has 1 amide bonds.